The van der Waals surface area contributed by atoms with E-state index in [1.807, 2.05) is 12.1 Å². The van der Waals surface area contributed by atoms with Crippen LogP contribution >= 0.6 is 0 Å². The first kappa shape index (κ1) is 17.3. The fourth-order valence-corrected chi connectivity index (χ4v) is 4.08. The molecule has 1 aliphatic rings. The summed E-state index contributed by atoms with van der Waals surface area (Å²) < 4.78 is 0. The third kappa shape index (κ3) is 3.58. The third-order valence-electron chi connectivity index (χ3n) is 5.31. The molecule has 1 fully saturated rings. The van der Waals surface area contributed by atoms with Crippen LogP contribution in [0.5, 0.6) is 0 Å². The van der Waals surface area contributed by atoms with Crippen molar-refractivity contribution in [3.63, 3.8) is 0 Å². The maximum atomic E-state index is 7.56. The van der Waals surface area contributed by atoms with Gasteiger partial charge in [0.1, 0.15) is 0 Å². The van der Waals surface area contributed by atoms with Crippen LogP contribution in [0.25, 0.3) is 22.2 Å². The Hall–Kier alpha value is -3.08. The molecule has 2 aromatic carbocycles. The lowest BCUT2D eigenvalue weighted by Crippen LogP contribution is -2.29. The molecule has 0 unspecified atom stereocenters. The zero-order valence-electron chi connectivity index (χ0n) is 15.3. The molecule has 3 aromatic rings. The predicted octanol–water partition coefficient (Wildman–Crippen LogP) is 4.60. The molecular weight excluding hydrogens is 334 g/mol. The number of H-pyrrole nitrogens is 1. The van der Waals surface area contributed by atoms with Crippen LogP contribution < -0.4 is 11.2 Å². The Labute approximate surface area is 159 Å². The van der Waals surface area contributed by atoms with E-state index in [0.717, 1.165) is 46.3 Å². The number of nitrogens with zero attached hydrogens (tertiary/aromatic N) is 1. The van der Waals surface area contributed by atoms with E-state index < -0.39 is 0 Å². The lowest BCUT2D eigenvalue weighted by Gasteiger charge is -2.24. The van der Waals surface area contributed by atoms with E-state index in [4.69, 9.17) is 11.1 Å². The number of aromatic nitrogens is 1. The Morgan fingerprint density at radius 1 is 1.00 bits per heavy atom. The normalized spacial score (nSPS) is 15.8. The molecule has 0 bridgehead atoms. The van der Waals surface area contributed by atoms with Crippen LogP contribution in [-0.2, 0) is 0 Å². The summed E-state index contributed by atoms with van der Waals surface area (Å²) in [5, 5.41) is 13.3. The van der Waals surface area contributed by atoms with Crippen LogP contribution in [0.4, 0.5) is 0 Å². The number of hydrazone groups is 1. The number of fused-ring (bicyclic) bond motifs is 1. The second-order valence-electron chi connectivity index (χ2n) is 7.14. The van der Waals surface area contributed by atoms with Gasteiger partial charge in [-0.25, -0.2) is 5.43 Å². The number of para-hydroxylation sites is 1. The van der Waals surface area contributed by atoms with Gasteiger partial charge in [0.2, 0.25) is 5.96 Å². The summed E-state index contributed by atoms with van der Waals surface area (Å²) in [7, 11) is 0. The van der Waals surface area contributed by atoms with E-state index in [9.17, 15) is 0 Å². The minimum Gasteiger partial charge on any atom is -0.369 e. The molecular formula is C22H25N5. The maximum absolute atomic E-state index is 7.56. The number of hydrogen-bond donors (Lipinski definition) is 4. The first-order chi connectivity index (χ1) is 13.2. The number of guanidine groups is 1. The van der Waals surface area contributed by atoms with Gasteiger partial charge in [-0.05, 0) is 24.5 Å². The number of benzene rings is 2. The summed E-state index contributed by atoms with van der Waals surface area (Å²) in [5.41, 5.74) is 13.7. The van der Waals surface area contributed by atoms with Crippen LogP contribution in [0.15, 0.2) is 59.7 Å². The predicted molar refractivity (Wildman–Crippen MR) is 112 cm³/mol. The minimum absolute atomic E-state index is 0.135. The molecule has 0 aliphatic heterocycles. The molecule has 5 heteroatoms. The number of nitrogens with two attached hydrogens (primary N) is 1. The van der Waals surface area contributed by atoms with Gasteiger partial charge in [-0.2, -0.15) is 5.10 Å². The number of nitrogens with one attached hydrogen (secondary N) is 3. The van der Waals surface area contributed by atoms with Crippen molar-refractivity contribution in [2.75, 3.05) is 0 Å². The van der Waals surface area contributed by atoms with Crippen molar-refractivity contribution in [3.8, 4) is 11.3 Å². The quantitative estimate of drug-likeness (QED) is 0.311. The molecule has 0 atom stereocenters. The van der Waals surface area contributed by atoms with Crippen molar-refractivity contribution in [2.45, 2.75) is 32.1 Å². The molecule has 1 saturated carbocycles. The summed E-state index contributed by atoms with van der Waals surface area (Å²) >= 11 is 0. The highest BCUT2D eigenvalue weighted by Crippen LogP contribution is 2.36. The Balaban J connectivity index is 1.92. The van der Waals surface area contributed by atoms with Gasteiger partial charge in [0.05, 0.1) is 11.4 Å². The Kier molecular flexibility index (Phi) is 4.92. The molecule has 1 aromatic heterocycles. The van der Waals surface area contributed by atoms with Crippen LogP contribution in [0.2, 0.25) is 0 Å². The van der Waals surface area contributed by atoms with E-state index in [1.54, 1.807) is 0 Å². The minimum atomic E-state index is -0.135. The number of aromatic amines is 1. The van der Waals surface area contributed by atoms with Crippen molar-refractivity contribution in [1.82, 2.24) is 10.4 Å². The Morgan fingerprint density at radius 3 is 2.44 bits per heavy atom. The first-order valence-electron chi connectivity index (χ1n) is 9.58. The largest absolute Gasteiger partial charge is 0.369 e. The van der Waals surface area contributed by atoms with Gasteiger partial charge in [0.15, 0.2) is 0 Å². The van der Waals surface area contributed by atoms with Gasteiger partial charge in [0, 0.05) is 22.4 Å². The van der Waals surface area contributed by atoms with Crippen LogP contribution in [0.3, 0.4) is 0 Å². The molecule has 5 nitrogen and oxygen atoms in total. The highest BCUT2D eigenvalue weighted by Gasteiger charge is 2.26. The molecule has 0 amide bonds. The highest BCUT2D eigenvalue weighted by molar-refractivity contribution is 6.16. The smallest absolute Gasteiger partial charge is 0.206 e. The summed E-state index contributed by atoms with van der Waals surface area (Å²) in [5.74, 6) is 0.233. The van der Waals surface area contributed by atoms with E-state index in [2.05, 4.69) is 58.0 Å². The Morgan fingerprint density at radius 2 is 1.70 bits per heavy atom. The second-order valence-corrected chi connectivity index (χ2v) is 7.14. The number of rotatable bonds is 4. The van der Waals surface area contributed by atoms with Crippen molar-refractivity contribution >= 4 is 22.6 Å². The first-order valence-corrected chi connectivity index (χ1v) is 9.58. The second kappa shape index (κ2) is 7.66. The van der Waals surface area contributed by atoms with Gasteiger partial charge in [-0.1, -0.05) is 67.8 Å². The van der Waals surface area contributed by atoms with Crippen molar-refractivity contribution in [1.29, 1.82) is 5.41 Å². The average Bonchev–Trinajstić information content (AvgIpc) is 3.09. The van der Waals surface area contributed by atoms with Gasteiger partial charge in [-0.15, -0.1) is 0 Å². The van der Waals surface area contributed by atoms with Crippen molar-refractivity contribution in [3.05, 3.63) is 60.2 Å². The lowest BCUT2D eigenvalue weighted by atomic mass is 9.82. The van der Waals surface area contributed by atoms with E-state index >= 15 is 0 Å². The van der Waals surface area contributed by atoms with Gasteiger partial charge < -0.3 is 10.7 Å². The topological polar surface area (TPSA) is 90.1 Å². The fraction of sp³-hybridized carbons (Fsp3) is 0.273. The zero-order valence-corrected chi connectivity index (χ0v) is 15.3. The SMILES string of the molecule is N=C(N)N/N=C(/c1c(-c2ccccc2)[nH]c2ccccc12)C1CCCCC1. The monoisotopic (exact) mass is 359 g/mol. The molecule has 0 saturated heterocycles. The zero-order chi connectivity index (χ0) is 18.6. The fourth-order valence-electron chi connectivity index (χ4n) is 4.08. The molecule has 0 radical (unpaired) electrons. The van der Waals surface area contributed by atoms with Crippen molar-refractivity contribution < 1.29 is 0 Å². The van der Waals surface area contributed by atoms with E-state index in [-0.39, 0.29) is 5.96 Å². The molecule has 1 heterocycles. The standard InChI is InChI=1S/C22H25N5/c23-22(24)27-26-21(16-11-5-2-6-12-16)19-17-13-7-8-14-18(17)25-20(19)15-9-3-1-4-10-15/h1,3-4,7-10,13-14,16,25H,2,5-6,11-12H2,(H4,23,24,27)/b26-21+. The van der Waals surface area contributed by atoms with Crippen LogP contribution in [-0.4, -0.2) is 16.7 Å². The van der Waals surface area contributed by atoms with Crippen LogP contribution in [0, 0.1) is 11.3 Å². The summed E-state index contributed by atoms with van der Waals surface area (Å²) in [6.07, 6.45) is 5.95. The summed E-state index contributed by atoms with van der Waals surface area (Å²) in [6, 6.07) is 18.7. The molecule has 138 valence electrons. The third-order valence-corrected chi connectivity index (χ3v) is 5.31. The Bertz CT molecular complexity index is 965. The van der Waals surface area contributed by atoms with Crippen LogP contribution in [0.1, 0.15) is 37.7 Å². The molecule has 1 aliphatic carbocycles. The summed E-state index contributed by atoms with van der Waals surface area (Å²) in [6.45, 7) is 0. The lowest BCUT2D eigenvalue weighted by molar-refractivity contribution is 0.439. The molecule has 27 heavy (non-hydrogen) atoms. The molecule has 4 rings (SSSR count). The van der Waals surface area contributed by atoms with Crippen molar-refractivity contribution in [2.24, 2.45) is 16.8 Å². The van der Waals surface area contributed by atoms with E-state index in [1.165, 1.54) is 19.3 Å². The maximum Gasteiger partial charge on any atom is 0.206 e. The summed E-state index contributed by atoms with van der Waals surface area (Å²) in [4.78, 5) is 3.59. The van der Waals surface area contributed by atoms with E-state index in [0.29, 0.717) is 5.92 Å². The number of hydrogen-bond acceptors (Lipinski definition) is 2. The van der Waals surface area contributed by atoms with Gasteiger partial charge >= 0.3 is 0 Å². The average molecular weight is 359 g/mol. The van der Waals surface area contributed by atoms with Gasteiger partial charge in [0.25, 0.3) is 0 Å². The van der Waals surface area contributed by atoms with Gasteiger partial charge in [-0.3, -0.25) is 5.41 Å². The molecule has 0 spiro atoms. The highest BCUT2D eigenvalue weighted by atomic mass is 15.3. The molecule has 5 N–H and O–H groups in total.